The van der Waals surface area contributed by atoms with Gasteiger partial charge in [-0.2, -0.15) is 0 Å². The standard InChI is InChI=1S/C13H17ClN2O3/c14-10-4-1-2-5-11(10)16-12(17)7-9-15-8-3-6-13(18)19/h1-2,4-5,15H,3,6-9H2,(H,16,17)(H,18,19). The van der Waals surface area contributed by atoms with Gasteiger partial charge in [-0.15, -0.1) is 0 Å². The first-order valence-corrected chi connectivity index (χ1v) is 6.44. The number of benzene rings is 1. The molecule has 0 radical (unpaired) electrons. The van der Waals surface area contributed by atoms with Crippen LogP contribution < -0.4 is 10.6 Å². The van der Waals surface area contributed by atoms with Crippen LogP contribution in [0.1, 0.15) is 19.3 Å². The summed E-state index contributed by atoms with van der Waals surface area (Å²) in [6.45, 7) is 1.10. The molecule has 0 bridgehead atoms. The minimum atomic E-state index is -0.807. The number of halogens is 1. The van der Waals surface area contributed by atoms with E-state index in [1.165, 1.54) is 0 Å². The van der Waals surface area contributed by atoms with Crippen LogP contribution in [0, 0.1) is 0 Å². The number of hydrogen-bond donors (Lipinski definition) is 3. The Morgan fingerprint density at radius 3 is 2.58 bits per heavy atom. The lowest BCUT2D eigenvalue weighted by molar-refractivity contribution is -0.137. The zero-order valence-corrected chi connectivity index (χ0v) is 11.2. The summed E-state index contributed by atoms with van der Waals surface area (Å²) in [7, 11) is 0. The fourth-order valence-corrected chi connectivity index (χ4v) is 1.65. The third-order valence-electron chi connectivity index (χ3n) is 2.42. The summed E-state index contributed by atoms with van der Waals surface area (Å²) in [5.41, 5.74) is 0.597. The van der Waals surface area contributed by atoms with Gasteiger partial charge in [0.05, 0.1) is 10.7 Å². The van der Waals surface area contributed by atoms with E-state index >= 15 is 0 Å². The molecule has 0 spiro atoms. The molecule has 0 heterocycles. The van der Waals surface area contributed by atoms with Crippen molar-refractivity contribution in [3.63, 3.8) is 0 Å². The first kappa shape index (κ1) is 15.5. The largest absolute Gasteiger partial charge is 0.481 e. The lowest BCUT2D eigenvalue weighted by atomic mass is 10.3. The van der Waals surface area contributed by atoms with Crippen LogP contribution in [0.3, 0.4) is 0 Å². The molecule has 0 saturated carbocycles. The predicted molar refractivity (Wildman–Crippen MR) is 74.4 cm³/mol. The third-order valence-corrected chi connectivity index (χ3v) is 2.75. The van der Waals surface area contributed by atoms with Gasteiger partial charge in [0.2, 0.25) is 5.91 Å². The van der Waals surface area contributed by atoms with E-state index in [-0.39, 0.29) is 12.3 Å². The average Bonchev–Trinajstić information content (AvgIpc) is 2.36. The van der Waals surface area contributed by atoms with Crippen molar-refractivity contribution in [1.82, 2.24) is 5.32 Å². The lowest BCUT2D eigenvalue weighted by Crippen LogP contribution is -2.23. The van der Waals surface area contributed by atoms with Gasteiger partial charge in [0, 0.05) is 19.4 Å². The number of para-hydroxylation sites is 1. The highest BCUT2D eigenvalue weighted by atomic mass is 35.5. The van der Waals surface area contributed by atoms with Gasteiger partial charge in [-0.3, -0.25) is 9.59 Å². The summed E-state index contributed by atoms with van der Waals surface area (Å²) in [6.07, 6.45) is 1.01. The van der Waals surface area contributed by atoms with Gasteiger partial charge in [0.1, 0.15) is 0 Å². The molecular formula is C13H17ClN2O3. The zero-order valence-electron chi connectivity index (χ0n) is 10.5. The number of nitrogens with one attached hydrogen (secondary N) is 2. The fourth-order valence-electron chi connectivity index (χ4n) is 1.47. The highest BCUT2D eigenvalue weighted by Crippen LogP contribution is 2.20. The molecular weight excluding hydrogens is 268 g/mol. The molecule has 1 amide bonds. The van der Waals surface area contributed by atoms with Gasteiger partial charge in [-0.05, 0) is 25.1 Å². The number of carbonyl (C=O) groups is 2. The molecule has 1 aromatic rings. The maximum atomic E-state index is 11.6. The molecule has 5 nitrogen and oxygen atoms in total. The van der Waals surface area contributed by atoms with Crippen molar-refractivity contribution in [3.8, 4) is 0 Å². The summed E-state index contributed by atoms with van der Waals surface area (Å²) >= 11 is 5.91. The fraction of sp³-hybridized carbons (Fsp3) is 0.385. The van der Waals surface area contributed by atoms with Crippen molar-refractivity contribution in [3.05, 3.63) is 29.3 Å². The smallest absolute Gasteiger partial charge is 0.303 e. The Hall–Kier alpha value is -1.59. The van der Waals surface area contributed by atoms with Crippen LogP contribution in [0.4, 0.5) is 5.69 Å². The molecule has 0 atom stereocenters. The zero-order chi connectivity index (χ0) is 14.1. The summed E-state index contributed by atoms with van der Waals surface area (Å²) < 4.78 is 0. The van der Waals surface area contributed by atoms with E-state index in [4.69, 9.17) is 16.7 Å². The summed E-state index contributed by atoms with van der Waals surface area (Å²) in [5.74, 6) is -0.933. The van der Waals surface area contributed by atoms with Gasteiger partial charge < -0.3 is 15.7 Å². The highest BCUT2D eigenvalue weighted by molar-refractivity contribution is 6.33. The molecule has 3 N–H and O–H groups in total. The second-order valence-electron chi connectivity index (χ2n) is 4.03. The molecule has 0 aliphatic carbocycles. The number of amides is 1. The molecule has 0 aromatic heterocycles. The second kappa shape index (κ2) is 8.50. The van der Waals surface area contributed by atoms with Gasteiger partial charge >= 0.3 is 5.97 Å². The van der Waals surface area contributed by atoms with Crippen molar-refractivity contribution in [2.45, 2.75) is 19.3 Å². The number of carboxylic acid groups (broad SMARTS) is 1. The minimum absolute atomic E-state index is 0.126. The monoisotopic (exact) mass is 284 g/mol. The van der Waals surface area contributed by atoms with E-state index in [1.807, 2.05) is 0 Å². The predicted octanol–water partition coefficient (Wildman–Crippen LogP) is 2.12. The highest BCUT2D eigenvalue weighted by Gasteiger charge is 2.04. The molecule has 1 aromatic carbocycles. The molecule has 0 aliphatic heterocycles. The summed E-state index contributed by atoms with van der Waals surface area (Å²) in [6, 6.07) is 7.04. The Morgan fingerprint density at radius 1 is 1.16 bits per heavy atom. The first-order valence-electron chi connectivity index (χ1n) is 6.06. The Bertz CT molecular complexity index is 438. The molecule has 0 unspecified atom stereocenters. The molecule has 104 valence electrons. The van der Waals surface area contributed by atoms with E-state index in [1.54, 1.807) is 24.3 Å². The SMILES string of the molecule is O=C(O)CCCNCCC(=O)Nc1ccccc1Cl. The lowest BCUT2D eigenvalue weighted by Gasteiger charge is -2.07. The van der Waals surface area contributed by atoms with Crippen LogP contribution in [-0.4, -0.2) is 30.1 Å². The summed E-state index contributed by atoms with van der Waals surface area (Å²) in [5, 5.41) is 14.7. The number of carboxylic acids is 1. The van der Waals surface area contributed by atoms with Crippen LogP contribution in [0.2, 0.25) is 5.02 Å². The van der Waals surface area contributed by atoms with Crippen LogP contribution in [-0.2, 0) is 9.59 Å². The minimum Gasteiger partial charge on any atom is -0.481 e. The van der Waals surface area contributed by atoms with E-state index in [0.717, 1.165) is 0 Å². The average molecular weight is 285 g/mol. The van der Waals surface area contributed by atoms with E-state index in [9.17, 15) is 9.59 Å². The number of carbonyl (C=O) groups excluding carboxylic acids is 1. The third kappa shape index (κ3) is 6.79. The van der Waals surface area contributed by atoms with Crippen molar-refractivity contribution < 1.29 is 14.7 Å². The molecule has 1 rings (SSSR count). The Balaban J connectivity index is 2.15. The van der Waals surface area contributed by atoms with Crippen molar-refractivity contribution in [2.24, 2.45) is 0 Å². The van der Waals surface area contributed by atoms with Gasteiger partial charge in [-0.1, -0.05) is 23.7 Å². The maximum Gasteiger partial charge on any atom is 0.303 e. The maximum absolute atomic E-state index is 11.6. The molecule has 0 fully saturated rings. The number of hydrogen-bond acceptors (Lipinski definition) is 3. The van der Waals surface area contributed by atoms with Crippen LogP contribution in [0.15, 0.2) is 24.3 Å². The van der Waals surface area contributed by atoms with Crippen LogP contribution in [0.5, 0.6) is 0 Å². The number of rotatable bonds is 8. The Labute approximate surface area is 117 Å². The van der Waals surface area contributed by atoms with E-state index in [0.29, 0.717) is 36.6 Å². The normalized spacial score (nSPS) is 10.2. The van der Waals surface area contributed by atoms with Crippen molar-refractivity contribution in [1.29, 1.82) is 0 Å². The number of anilines is 1. The topological polar surface area (TPSA) is 78.4 Å². The first-order chi connectivity index (χ1) is 9.09. The molecule has 19 heavy (non-hydrogen) atoms. The molecule has 0 aliphatic rings. The van der Waals surface area contributed by atoms with Crippen LogP contribution >= 0.6 is 11.6 Å². The van der Waals surface area contributed by atoms with Crippen molar-refractivity contribution >= 4 is 29.2 Å². The molecule has 6 heteroatoms. The Morgan fingerprint density at radius 2 is 1.89 bits per heavy atom. The second-order valence-corrected chi connectivity index (χ2v) is 4.43. The Kier molecular flexibility index (Phi) is 6.92. The number of aliphatic carboxylic acids is 1. The van der Waals surface area contributed by atoms with E-state index < -0.39 is 5.97 Å². The van der Waals surface area contributed by atoms with E-state index in [2.05, 4.69) is 10.6 Å². The van der Waals surface area contributed by atoms with Gasteiger partial charge in [0.15, 0.2) is 0 Å². The van der Waals surface area contributed by atoms with Gasteiger partial charge in [0.25, 0.3) is 0 Å². The van der Waals surface area contributed by atoms with Gasteiger partial charge in [-0.25, -0.2) is 0 Å². The van der Waals surface area contributed by atoms with Crippen LogP contribution in [0.25, 0.3) is 0 Å². The summed E-state index contributed by atoms with van der Waals surface area (Å²) in [4.78, 5) is 21.9. The quantitative estimate of drug-likeness (QED) is 0.639. The van der Waals surface area contributed by atoms with Crippen molar-refractivity contribution in [2.75, 3.05) is 18.4 Å². The molecule has 0 saturated heterocycles.